The number of imide groups is 1. The van der Waals surface area contributed by atoms with Gasteiger partial charge in [-0.2, -0.15) is 0 Å². The van der Waals surface area contributed by atoms with Crippen LogP contribution in [0.2, 0.25) is 0 Å². The molecule has 0 aliphatic carbocycles. The highest BCUT2D eigenvalue weighted by atomic mass is 32.2. The lowest BCUT2D eigenvalue weighted by molar-refractivity contribution is -0.394. The summed E-state index contributed by atoms with van der Waals surface area (Å²) in [5, 5.41) is 39.3. The number of aromatic nitrogens is 2. The van der Waals surface area contributed by atoms with Gasteiger partial charge in [0, 0.05) is 30.7 Å². The minimum Gasteiger partial charge on any atom is -0.411 e. The normalized spacial score (nSPS) is 15.5. The van der Waals surface area contributed by atoms with Crippen LogP contribution in [-0.4, -0.2) is 42.0 Å². The van der Waals surface area contributed by atoms with Gasteiger partial charge >= 0.3 is 0 Å². The highest BCUT2D eigenvalue weighted by Gasteiger charge is 2.41. The Morgan fingerprint density at radius 1 is 0.882 bits per heavy atom. The van der Waals surface area contributed by atoms with E-state index in [2.05, 4.69) is 10.2 Å². The van der Waals surface area contributed by atoms with Crippen LogP contribution in [0, 0.1) is 30.3 Å². The molecule has 0 spiro atoms. The van der Waals surface area contributed by atoms with Gasteiger partial charge in [0.1, 0.15) is 5.25 Å². The van der Waals surface area contributed by atoms with Crippen LogP contribution < -0.4 is 4.90 Å². The van der Waals surface area contributed by atoms with Crippen molar-refractivity contribution in [1.29, 1.82) is 0 Å². The van der Waals surface area contributed by atoms with E-state index < -0.39 is 43.2 Å². The summed E-state index contributed by atoms with van der Waals surface area (Å²) in [5.41, 5.74) is -1.20. The summed E-state index contributed by atoms with van der Waals surface area (Å²) in [6, 6.07) is 7.72. The highest BCUT2D eigenvalue weighted by molar-refractivity contribution is 8.00. The molecule has 172 valence electrons. The van der Waals surface area contributed by atoms with Crippen molar-refractivity contribution >= 4 is 46.3 Å². The number of hydrogen-bond acceptors (Lipinski definition) is 12. The molecule has 1 fully saturated rings. The monoisotopic (exact) mass is 486 g/mol. The number of nitro benzene ring substituents is 3. The van der Waals surface area contributed by atoms with Crippen molar-refractivity contribution in [1.82, 2.24) is 10.2 Å². The molecule has 2 aromatic carbocycles. The van der Waals surface area contributed by atoms with Crippen LogP contribution in [0.3, 0.4) is 0 Å². The molecule has 1 atom stereocenters. The summed E-state index contributed by atoms with van der Waals surface area (Å²) in [7, 11) is 0. The summed E-state index contributed by atoms with van der Waals surface area (Å²) in [6.07, 6.45) is -0.208. The Bertz CT molecular complexity index is 1320. The number of carbonyl (C=O) groups is 2. The fourth-order valence-corrected chi connectivity index (χ4v) is 4.01. The van der Waals surface area contributed by atoms with Crippen molar-refractivity contribution in [3.8, 4) is 11.5 Å². The van der Waals surface area contributed by atoms with Crippen LogP contribution in [0.1, 0.15) is 6.42 Å². The molecule has 1 aliphatic heterocycles. The second kappa shape index (κ2) is 8.66. The molecule has 0 N–H and O–H groups in total. The Labute approximate surface area is 191 Å². The van der Waals surface area contributed by atoms with Gasteiger partial charge in [0.05, 0.1) is 32.1 Å². The molecular weight excluding hydrogens is 476 g/mol. The van der Waals surface area contributed by atoms with Crippen LogP contribution in [0.15, 0.2) is 52.1 Å². The van der Waals surface area contributed by atoms with Gasteiger partial charge in [0.15, 0.2) is 0 Å². The Balaban J connectivity index is 1.54. The second-order valence-electron chi connectivity index (χ2n) is 6.78. The van der Waals surface area contributed by atoms with Gasteiger partial charge in [-0.15, -0.1) is 10.2 Å². The van der Waals surface area contributed by atoms with Gasteiger partial charge in [-0.1, -0.05) is 11.8 Å². The predicted octanol–water partition coefficient (Wildman–Crippen LogP) is 2.89. The third-order valence-electron chi connectivity index (χ3n) is 4.64. The van der Waals surface area contributed by atoms with Crippen molar-refractivity contribution in [2.24, 2.45) is 0 Å². The maximum absolute atomic E-state index is 12.8. The number of anilines is 1. The molecule has 34 heavy (non-hydrogen) atoms. The maximum Gasteiger partial charge on any atom is 0.277 e. The lowest BCUT2D eigenvalue weighted by atomic mass is 10.2. The first kappa shape index (κ1) is 22.5. The summed E-state index contributed by atoms with van der Waals surface area (Å²) in [4.78, 5) is 56.8. The lowest BCUT2D eigenvalue weighted by Crippen LogP contribution is -2.31. The zero-order valence-corrected chi connectivity index (χ0v) is 17.4. The van der Waals surface area contributed by atoms with Gasteiger partial charge in [-0.25, -0.2) is 4.90 Å². The molecule has 1 aliphatic rings. The zero-order chi connectivity index (χ0) is 24.6. The van der Waals surface area contributed by atoms with Crippen molar-refractivity contribution in [3.05, 3.63) is 72.8 Å². The summed E-state index contributed by atoms with van der Waals surface area (Å²) in [6.45, 7) is 0. The lowest BCUT2D eigenvalue weighted by Gasteiger charge is -2.14. The van der Waals surface area contributed by atoms with Crippen LogP contribution in [-0.2, 0) is 9.59 Å². The van der Waals surface area contributed by atoms with Crippen LogP contribution >= 0.6 is 11.8 Å². The number of benzene rings is 2. The molecule has 1 saturated heterocycles. The zero-order valence-electron chi connectivity index (χ0n) is 16.6. The summed E-state index contributed by atoms with van der Waals surface area (Å²) >= 11 is 0.778. The molecule has 15 nitrogen and oxygen atoms in total. The smallest absolute Gasteiger partial charge is 0.277 e. The standard InChI is InChI=1S/C18H10N6O9S/c25-15-8-14(17(26)21(15)10-1-3-11(4-2-10)22(27)28)34-18-20-19-16(33-18)9-5-12(23(29)30)7-13(6-9)24(31)32/h1-7,14H,8H2. The van der Waals surface area contributed by atoms with Crippen molar-refractivity contribution in [2.75, 3.05) is 4.90 Å². The van der Waals surface area contributed by atoms with Crippen molar-refractivity contribution < 1.29 is 28.8 Å². The number of rotatable bonds is 7. The molecule has 2 amide bonds. The number of hydrogen-bond donors (Lipinski definition) is 0. The van der Waals surface area contributed by atoms with Gasteiger partial charge in [0.25, 0.3) is 22.3 Å². The minimum absolute atomic E-state index is 0.0680. The highest BCUT2D eigenvalue weighted by Crippen LogP contribution is 2.36. The average molecular weight is 486 g/mol. The molecular formula is C18H10N6O9S. The Morgan fingerprint density at radius 2 is 1.47 bits per heavy atom. The number of nitrogens with zero attached hydrogens (tertiary/aromatic N) is 6. The first-order valence-corrected chi connectivity index (χ1v) is 10.1. The molecule has 0 saturated carbocycles. The van der Waals surface area contributed by atoms with E-state index >= 15 is 0 Å². The van der Waals surface area contributed by atoms with E-state index in [0.29, 0.717) is 0 Å². The fraction of sp³-hybridized carbons (Fsp3) is 0.111. The predicted molar refractivity (Wildman–Crippen MR) is 113 cm³/mol. The number of thioether (sulfide) groups is 1. The van der Waals surface area contributed by atoms with E-state index in [1.165, 1.54) is 24.3 Å². The van der Waals surface area contributed by atoms with E-state index in [4.69, 9.17) is 4.42 Å². The van der Waals surface area contributed by atoms with E-state index in [9.17, 15) is 39.9 Å². The maximum atomic E-state index is 12.8. The van der Waals surface area contributed by atoms with Gasteiger partial charge in [-0.3, -0.25) is 39.9 Å². The fourth-order valence-electron chi connectivity index (χ4n) is 3.12. The third-order valence-corrected chi connectivity index (χ3v) is 5.66. The van der Waals surface area contributed by atoms with Gasteiger partial charge in [-0.05, 0) is 12.1 Å². The number of non-ortho nitro benzene ring substituents is 3. The van der Waals surface area contributed by atoms with Gasteiger partial charge < -0.3 is 4.42 Å². The quantitative estimate of drug-likeness (QED) is 0.268. The molecule has 16 heteroatoms. The SMILES string of the molecule is O=C1CC(Sc2nnc(-c3cc([N+](=O)[O-])cc([N+](=O)[O-])c3)o2)C(=O)N1c1ccc([N+](=O)[O-])cc1. The molecule has 3 aromatic rings. The van der Waals surface area contributed by atoms with E-state index in [-0.39, 0.29) is 34.5 Å². The molecule has 4 rings (SSSR count). The van der Waals surface area contributed by atoms with Crippen molar-refractivity contribution in [3.63, 3.8) is 0 Å². The van der Waals surface area contributed by atoms with Crippen LogP contribution in [0.25, 0.3) is 11.5 Å². The Kier molecular flexibility index (Phi) is 5.72. The van der Waals surface area contributed by atoms with E-state index in [1.807, 2.05) is 0 Å². The average Bonchev–Trinajstić information content (AvgIpc) is 3.37. The van der Waals surface area contributed by atoms with Crippen molar-refractivity contribution in [2.45, 2.75) is 16.9 Å². The van der Waals surface area contributed by atoms with Crippen LogP contribution in [0.4, 0.5) is 22.7 Å². The summed E-state index contributed by atoms with van der Waals surface area (Å²) in [5.74, 6) is -1.39. The second-order valence-corrected chi connectivity index (χ2v) is 7.93. The summed E-state index contributed by atoms with van der Waals surface area (Å²) < 4.78 is 5.41. The molecule has 1 aromatic heterocycles. The largest absolute Gasteiger partial charge is 0.411 e. The van der Waals surface area contributed by atoms with Crippen LogP contribution in [0.5, 0.6) is 0 Å². The first-order valence-electron chi connectivity index (χ1n) is 9.19. The molecule has 1 unspecified atom stereocenters. The minimum atomic E-state index is -0.935. The molecule has 0 bridgehead atoms. The number of amides is 2. The molecule has 0 radical (unpaired) electrons. The topological polar surface area (TPSA) is 206 Å². The molecule has 2 heterocycles. The van der Waals surface area contributed by atoms with E-state index in [1.54, 1.807) is 0 Å². The first-order chi connectivity index (χ1) is 16.1. The Hall–Kier alpha value is -4.73. The number of carbonyl (C=O) groups excluding carboxylic acids is 2. The Morgan fingerprint density at radius 3 is 2.03 bits per heavy atom. The number of nitro groups is 3. The third kappa shape index (κ3) is 4.29. The van der Waals surface area contributed by atoms with E-state index in [0.717, 1.165) is 34.9 Å². The van der Waals surface area contributed by atoms with Gasteiger partial charge in [0.2, 0.25) is 17.7 Å².